The topological polar surface area (TPSA) is 95.6 Å². The van der Waals surface area contributed by atoms with Crippen LogP contribution in [0, 0.1) is 17.7 Å². The van der Waals surface area contributed by atoms with Crippen molar-refractivity contribution in [1.29, 1.82) is 0 Å². The summed E-state index contributed by atoms with van der Waals surface area (Å²) in [5, 5.41) is 5.56. The van der Waals surface area contributed by atoms with Crippen molar-refractivity contribution in [3.05, 3.63) is 34.6 Å². The van der Waals surface area contributed by atoms with Crippen LogP contribution in [0.2, 0.25) is 0 Å². The molecule has 1 saturated carbocycles. The SMILES string of the molecule is O=C1CCC(N2C(=O)c3c(F)ccc(C4C5CCC4CNC5)c3C2=O)C(=O)N1. The maximum atomic E-state index is 14.6. The molecule has 1 aromatic carbocycles. The Bertz CT molecular complexity index is 914. The van der Waals surface area contributed by atoms with E-state index in [1.807, 2.05) is 0 Å². The third-order valence-corrected chi connectivity index (χ3v) is 6.67. The number of carbonyl (C=O) groups is 4. The van der Waals surface area contributed by atoms with Gasteiger partial charge < -0.3 is 5.32 Å². The second-order valence-corrected chi connectivity index (χ2v) is 8.12. The molecule has 4 amide bonds. The van der Waals surface area contributed by atoms with E-state index in [1.54, 1.807) is 6.07 Å². The van der Waals surface area contributed by atoms with Gasteiger partial charge in [0, 0.05) is 6.42 Å². The Morgan fingerprint density at radius 1 is 0.929 bits per heavy atom. The van der Waals surface area contributed by atoms with Crippen molar-refractivity contribution in [2.75, 3.05) is 13.1 Å². The fraction of sp³-hybridized carbons (Fsp3) is 0.500. The van der Waals surface area contributed by atoms with E-state index < -0.39 is 35.5 Å². The maximum Gasteiger partial charge on any atom is 0.265 e. The molecule has 0 spiro atoms. The summed E-state index contributed by atoms with van der Waals surface area (Å²) in [5.74, 6) is -2.47. The molecule has 28 heavy (non-hydrogen) atoms. The first-order valence-corrected chi connectivity index (χ1v) is 9.72. The number of hydrogen-bond acceptors (Lipinski definition) is 5. The van der Waals surface area contributed by atoms with Crippen molar-refractivity contribution < 1.29 is 23.6 Å². The van der Waals surface area contributed by atoms with Crippen molar-refractivity contribution in [3.8, 4) is 0 Å². The Balaban J connectivity index is 1.58. The highest BCUT2D eigenvalue weighted by atomic mass is 19.1. The predicted molar refractivity (Wildman–Crippen MR) is 94.9 cm³/mol. The van der Waals surface area contributed by atoms with E-state index >= 15 is 0 Å². The van der Waals surface area contributed by atoms with Gasteiger partial charge in [-0.05, 0) is 61.7 Å². The predicted octanol–water partition coefficient (Wildman–Crippen LogP) is 0.940. The fourth-order valence-corrected chi connectivity index (χ4v) is 5.45. The molecule has 3 unspecified atom stereocenters. The molecule has 5 rings (SSSR count). The molecule has 7 nitrogen and oxygen atoms in total. The Morgan fingerprint density at radius 2 is 1.61 bits per heavy atom. The summed E-state index contributed by atoms with van der Waals surface area (Å²) < 4.78 is 14.6. The van der Waals surface area contributed by atoms with Crippen LogP contribution < -0.4 is 10.6 Å². The Labute approximate surface area is 160 Å². The van der Waals surface area contributed by atoms with Gasteiger partial charge >= 0.3 is 0 Å². The molecule has 3 fully saturated rings. The van der Waals surface area contributed by atoms with Gasteiger partial charge in [0.05, 0.1) is 11.1 Å². The van der Waals surface area contributed by atoms with E-state index in [4.69, 9.17) is 0 Å². The van der Waals surface area contributed by atoms with Crippen molar-refractivity contribution in [2.45, 2.75) is 37.6 Å². The molecule has 2 saturated heterocycles. The van der Waals surface area contributed by atoms with Crippen molar-refractivity contribution in [2.24, 2.45) is 11.8 Å². The minimum Gasteiger partial charge on any atom is -0.316 e. The number of hydrogen-bond donors (Lipinski definition) is 2. The summed E-state index contributed by atoms with van der Waals surface area (Å²) in [5.41, 5.74) is 0.599. The fourth-order valence-electron chi connectivity index (χ4n) is 5.45. The smallest absolute Gasteiger partial charge is 0.265 e. The molecule has 2 N–H and O–H groups in total. The van der Waals surface area contributed by atoms with Crippen LogP contribution >= 0.6 is 0 Å². The monoisotopic (exact) mass is 385 g/mol. The third kappa shape index (κ3) is 2.37. The number of nitrogens with zero attached hydrogens (tertiary/aromatic N) is 1. The normalized spacial score (nSPS) is 32.0. The van der Waals surface area contributed by atoms with Gasteiger partial charge in [0.1, 0.15) is 11.9 Å². The van der Waals surface area contributed by atoms with Crippen LogP contribution in [0.25, 0.3) is 0 Å². The number of rotatable bonds is 2. The van der Waals surface area contributed by atoms with Gasteiger partial charge in [0.2, 0.25) is 11.8 Å². The Hall–Kier alpha value is -2.61. The third-order valence-electron chi connectivity index (χ3n) is 6.67. The number of halogens is 1. The average molecular weight is 385 g/mol. The van der Waals surface area contributed by atoms with Crippen LogP contribution in [-0.2, 0) is 9.59 Å². The first-order valence-electron chi connectivity index (χ1n) is 9.72. The van der Waals surface area contributed by atoms with E-state index in [0.29, 0.717) is 11.8 Å². The number of carbonyl (C=O) groups excluding carboxylic acids is 4. The van der Waals surface area contributed by atoms with Crippen LogP contribution in [0.15, 0.2) is 12.1 Å². The summed E-state index contributed by atoms with van der Waals surface area (Å²) in [6.07, 6.45) is 2.17. The molecule has 1 aliphatic carbocycles. The maximum absolute atomic E-state index is 14.6. The average Bonchev–Trinajstić information content (AvgIpc) is 3.06. The standard InChI is InChI=1S/C20H20FN3O4/c21-12-4-3-11(15-9-1-2-10(15)8-22-7-9)16-17(12)20(28)24(19(16)27)13-5-6-14(25)23-18(13)26/h3-4,9-10,13,15,22H,1-2,5-8H2,(H,23,25,26). The number of amides is 4. The van der Waals surface area contributed by atoms with Gasteiger partial charge in [-0.25, -0.2) is 4.39 Å². The second-order valence-electron chi connectivity index (χ2n) is 8.12. The highest BCUT2D eigenvalue weighted by molar-refractivity contribution is 6.24. The van der Waals surface area contributed by atoms with E-state index in [1.165, 1.54) is 6.07 Å². The highest BCUT2D eigenvalue weighted by Gasteiger charge is 2.49. The quantitative estimate of drug-likeness (QED) is 0.739. The number of nitrogens with one attached hydrogen (secondary N) is 2. The van der Waals surface area contributed by atoms with Gasteiger partial charge in [0.25, 0.3) is 11.8 Å². The number of fused-ring (bicyclic) bond motifs is 3. The lowest BCUT2D eigenvalue weighted by molar-refractivity contribution is -0.136. The lowest BCUT2D eigenvalue weighted by Crippen LogP contribution is -2.54. The largest absolute Gasteiger partial charge is 0.316 e. The number of piperidine rings is 2. The van der Waals surface area contributed by atoms with Crippen LogP contribution in [0.4, 0.5) is 4.39 Å². The summed E-state index contributed by atoms with van der Waals surface area (Å²) in [7, 11) is 0. The van der Waals surface area contributed by atoms with Crippen molar-refractivity contribution in [1.82, 2.24) is 15.5 Å². The summed E-state index contributed by atoms with van der Waals surface area (Å²) >= 11 is 0. The molecule has 3 atom stereocenters. The molecule has 2 bridgehead atoms. The zero-order chi connectivity index (χ0) is 19.6. The van der Waals surface area contributed by atoms with E-state index in [-0.39, 0.29) is 29.9 Å². The molecule has 4 aliphatic rings. The molecular weight excluding hydrogens is 365 g/mol. The summed E-state index contributed by atoms with van der Waals surface area (Å²) in [4.78, 5) is 50.7. The number of imide groups is 2. The molecule has 8 heteroatoms. The van der Waals surface area contributed by atoms with Gasteiger partial charge in [-0.3, -0.25) is 29.4 Å². The zero-order valence-corrected chi connectivity index (χ0v) is 15.2. The van der Waals surface area contributed by atoms with Gasteiger partial charge in [-0.2, -0.15) is 0 Å². The minimum atomic E-state index is -1.08. The molecule has 1 aromatic rings. The molecule has 0 radical (unpaired) electrons. The van der Waals surface area contributed by atoms with Crippen LogP contribution in [0.5, 0.6) is 0 Å². The zero-order valence-electron chi connectivity index (χ0n) is 15.2. The first kappa shape index (κ1) is 17.5. The van der Waals surface area contributed by atoms with Crippen LogP contribution in [0.1, 0.15) is 57.9 Å². The summed E-state index contributed by atoms with van der Waals surface area (Å²) in [6.45, 7) is 1.68. The second kappa shape index (κ2) is 6.20. The van der Waals surface area contributed by atoms with Crippen molar-refractivity contribution >= 4 is 23.6 Å². The lowest BCUT2D eigenvalue weighted by atomic mass is 9.78. The Kier molecular flexibility index (Phi) is 3.87. The molecule has 0 aromatic heterocycles. The van der Waals surface area contributed by atoms with E-state index in [0.717, 1.165) is 36.4 Å². The Morgan fingerprint density at radius 3 is 2.29 bits per heavy atom. The van der Waals surface area contributed by atoms with E-state index in [2.05, 4.69) is 10.6 Å². The molecular formula is C20H20FN3O4. The lowest BCUT2D eigenvalue weighted by Gasteiger charge is -2.32. The van der Waals surface area contributed by atoms with Crippen LogP contribution in [0.3, 0.4) is 0 Å². The number of benzene rings is 1. The van der Waals surface area contributed by atoms with Gasteiger partial charge in [-0.1, -0.05) is 6.07 Å². The van der Waals surface area contributed by atoms with Crippen molar-refractivity contribution in [3.63, 3.8) is 0 Å². The first-order chi connectivity index (χ1) is 13.5. The highest BCUT2D eigenvalue weighted by Crippen LogP contribution is 2.48. The minimum absolute atomic E-state index is 0.0393. The molecule has 3 aliphatic heterocycles. The molecule has 146 valence electrons. The van der Waals surface area contributed by atoms with Gasteiger partial charge in [-0.15, -0.1) is 0 Å². The summed E-state index contributed by atoms with van der Waals surface area (Å²) in [6, 6.07) is 1.81. The van der Waals surface area contributed by atoms with Gasteiger partial charge in [0.15, 0.2) is 0 Å². The molecule has 3 heterocycles. The van der Waals surface area contributed by atoms with Crippen LogP contribution in [-0.4, -0.2) is 47.7 Å². The van der Waals surface area contributed by atoms with E-state index in [9.17, 15) is 23.6 Å².